The highest BCUT2D eigenvalue weighted by Gasteiger charge is 2.35. The van der Waals surface area contributed by atoms with E-state index in [4.69, 9.17) is 10.5 Å². The summed E-state index contributed by atoms with van der Waals surface area (Å²) < 4.78 is 8.69. The van der Waals surface area contributed by atoms with Crippen LogP contribution < -0.4 is 11.4 Å². The van der Waals surface area contributed by atoms with Crippen LogP contribution in [0.15, 0.2) is 23.0 Å². The third-order valence-electron chi connectivity index (χ3n) is 5.84. The molecule has 0 unspecified atom stereocenters. The highest BCUT2D eigenvalue weighted by atomic mass is 16.5. The maximum atomic E-state index is 12.7. The third-order valence-corrected chi connectivity index (χ3v) is 5.84. The van der Waals surface area contributed by atoms with Crippen LogP contribution in [0.5, 0.6) is 0 Å². The first kappa shape index (κ1) is 17.5. The van der Waals surface area contributed by atoms with Crippen LogP contribution in [0.4, 0.5) is 0 Å². The summed E-state index contributed by atoms with van der Waals surface area (Å²) in [6, 6.07) is 6.16. The molecule has 4 rings (SSSR count). The van der Waals surface area contributed by atoms with Gasteiger partial charge in [-0.05, 0) is 48.4 Å². The van der Waals surface area contributed by atoms with Crippen molar-refractivity contribution in [3.8, 4) is 0 Å². The molecule has 0 bridgehead atoms. The second-order valence-electron chi connectivity index (χ2n) is 7.45. The van der Waals surface area contributed by atoms with Gasteiger partial charge in [0.2, 0.25) is 0 Å². The van der Waals surface area contributed by atoms with Crippen molar-refractivity contribution >= 4 is 0 Å². The van der Waals surface area contributed by atoms with Crippen LogP contribution in [0.1, 0.15) is 41.3 Å². The molecule has 7 heteroatoms. The average Bonchev–Trinajstić information content (AvgIpc) is 3.16. The average molecular weight is 358 g/mol. The molecular formula is C19H26N4O3. The molecule has 0 radical (unpaired) electrons. The second-order valence-corrected chi connectivity index (χ2v) is 7.45. The number of benzene rings is 1. The summed E-state index contributed by atoms with van der Waals surface area (Å²) in [5.74, 6) is 0.912. The van der Waals surface area contributed by atoms with E-state index in [-0.39, 0.29) is 17.5 Å². The van der Waals surface area contributed by atoms with Crippen LogP contribution in [0, 0.1) is 5.92 Å². The van der Waals surface area contributed by atoms with E-state index in [1.165, 1.54) is 11.1 Å². The summed E-state index contributed by atoms with van der Waals surface area (Å²) in [4.78, 5) is 12.7. The fourth-order valence-electron chi connectivity index (χ4n) is 4.34. The predicted molar refractivity (Wildman–Crippen MR) is 96.9 cm³/mol. The number of rotatable bonds is 4. The molecule has 0 amide bonds. The Morgan fingerprint density at radius 3 is 3.00 bits per heavy atom. The fraction of sp³-hybridized carbons (Fsp3) is 0.579. The minimum Gasteiger partial charge on any atom is -0.393 e. The minimum absolute atomic E-state index is 0.0792. The standard InChI is InChI=1S/C19H26N4O3/c1-22-18(14-7-15(9-20)17(24)8-14)21-23(19(22)25)10-12-3-2-4-13-11-26-6-5-16(12)13/h2-4,14-15,17,24H,5-11,20H2,1H3/t14-,15+,17+/m0/s1. The van der Waals surface area contributed by atoms with Gasteiger partial charge in [-0.1, -0.05) is 18.2 Å². The predicted octanol–water partition coefficient (Wildman–Crippen LogP) is 0.516. The smallest absolute Gasteiger partial charge is 0.345 e. The van der Waals surface area contributed by atoms with Crippen LogP contribution in [-0.4, -0.2) is 38.7 Å². The van der Waals surface area contributed by atoms with Crippen molar-refractivity contribution in [2.75, 3.05) is 13.2 Å². The molecule has 1 aromatic heterocycles. The van der Waals surface area contributed by atoms with Crippen LogP contribution in [0.2, 0.25) is 0 Å². The molecule has 0 saturated heterocycles. The van der Waals surface area contributed by atoms with E-state index in [9.17, 15) is 9.90 Å². The van der Waals surface area contributed by atoms with Gasteiger partial charge in [0, 0.05) is 13.0 Å². The zero-order chi connectivity index (χ0) is 18.3. The van der Waals surface area contributed by atoms with E-state index in [2.05, 4.69) is 17.2 Å². The summed E-state index contributed by atoms with van der Waals surface area (Å²) in [5, 5.41) is 14.8. The lowest BCUT2D eigenvalue weighted by Crippen LogP contribution is -2.25. The number of ether oxygens (including phenoxy) is 1. The SMILES string of the molecule is Cn1c([C@H]2C[C@H](CN)[C@H](O)C2)nn(Cc2cccc3c2CCOC3)c1=O. The molecule has 1 aliphatic heterocycles. The molecule has 2 aromatic rings. The molecule has 26 heavy (non-hydrogen) atoms. The van der Waals surface area contributed by atoms with Gasteiger partial charge in [0.05, 0.1) is 25.9 Å². The molecule has 3 atom stereocenters. The first-order valence-corrected chi connectivity index (χ1v) is 9.27. The topological polar surface area (TPSA) is 95.3 Å². The molecule has 3 N–H and O–H groups in total. The Hall–Kier alpha value is -1.96. The lowest BCUT2D eigenvalue weighted by atomic mass is 9.97. The van der Waals surface area contributed by atoms with Gasteiger partial charge in [0.25, 0.3) is 0 Å². The fourth-order valence-corrected chi connectivity index (χ4v) is 4.34. The molecular weight excluding hydrogens is 332 g/mol. The molecule has 140 valence electrons. The van der Waals surface area contributed by atoms with Crippen molar-refractivity contribution in [1.82, 2.24) is 14.3 Å². The van der Waals surface area contributed by atoms with E-state index < -0.39 is 6.10 Å². The molecule has 1 fully saturated rings. The van der Waals surface area contributed by atoms with Crippen LogP contribution in [0.25, 0.3) is 0 Å². The van der Waals surface area contributed by atoms with E-state index in [1.807, 2.05) is 6.07 Å². The van der Waals surface area contributed by atoms with Crippen molar-refractivity contribution in [2.45, 2.75) is 44.4 Å². The number of hydrogen-bond donors (Lipinski definition) is 2. The van der Waals surface area contributed by atoms with E-state index >= 15 is 0 Å². The van der Waals surface area contributed by atoms with Gasteiger partial charge in [0.15, 0.2) is 0 Å². The first-order chi connectivity index (χ1) is 12.6. The van der Waals surface area contributed by atoms with Crippen molar-refractivity contribution in [3.63, 3.8) is 0 Å². The number of nitrogens with two attached hydrogens (primary N) is 1. The van der Waals surface area contributed by atoms with Crippen molar-refractivity contribution in [2.24, 2.45) is 18.7 Å². The van der Waals surface area contributed by atoms with Gasteiger partial charge in [-0.25, -0.2) is 9.48 Å². The van der Waals surface area contributed by atoms with Crippen LogP contribution in [0.3, 0.4) is 0 Å². The van der Waals surface area contributed by atoms with Gasteiger partial charge in [-0.15, -0.1) is 0 Å². The van der Waals surface area contributed by atoms with Gasteiger partial charge in [-0.3, -0.25) is 4.57 Å². The van der Waals surface area contributed by atoms with Gasteiger partial charge in [-0.2, -0.15) is 5.10 Å². The summed E-state index contributed by atoms with van der Waals surface area (Å²) in [7, 11) is 1.76. The van der Waals surface area contributed by atoms with Gasteiger partial charge in [0.1, 0.15) is 5.82 Å². The van der Waals surface area contributed by atoms with Crippen molar-refractivity contribution in [1.29, 1.82) is 0 Å². The molecule has 7 nitrogen and oxygen atoms in total. The Kier molecular flexibility index (Phi) is 4.69. The van der Waals surface area contributed by atoms with Crippen molar-refractivity contribution < 1.29 is 9.84 Å². The largest absolute Gasteiger partial charge is 0.393 e. The van der Waals surface area contributed by atoms with E-state index in [1.54, 1.807) is 16.3 Å². The summed E-state index contributed by atoms with van der Waals surface area (Å²) >= 11 is 0. The van der Waals surface area contributed by atoms with E-state index in [0.29, 0.717) is 32.7 Å². The minimum atomic E-state index is -0.411. The maximum Gasteiger partial charge on any atom is 0.345 e. The summed E-state index contributed by atoms with van der Waals surface area (Å²) in [6.45, 7) is 2.27. The molecule has 0 spiro atoms. The summed E-state index contributed by atoms with van der Waals surface area (Å²) in [5.41, 5.74) is 9.23. The van der Waals surface area contributed by atoms with Crippen LogP contribution >= 0.6 is 0 Å². The van der Waals surface area contributed by atoms with Gasteiger partial charge >= 0.3 is 5.69 Å². The first-order valence-electron chi connectivity index (χ1n) is 9.27. The molecule has 2 aliphatic rings. The Bertz CT molecular complexity index is 857. The Morgan fingerprint density at radius 1 is 1.38 bits per heavy atom. The monoisotopic (exact) mass is 358 g/mol. The maximum absolute atomic E-state index is 12.7. The molecule has 1 aromatic carbocycles. The molecule has 1 aliphatic carbocycles. The molecule has 2 heterocycles. The lowest BCUT2D eigenvalue weighted by Gasteiger charge is -2.19. The zero-order valence-corrected chi connectivity index (χ0v) is 15.1. The quantitative estimate of drug-likeness (QED) is 0.831. The molecule has 1 saturated carbocycles. The number of aliphatic hydroxyl groups is 1. The highest BCUT2D eigenvalue weighted by Crippen LogP contribution is 2.36. The van der Waals surface area contributed by atoms with Crippen molar-refractivity contribution in [3.05, 3.63) is 51.2 Å². The Morgan fingerprint density at radius 2 is 2.23 bits per heavy atom. The number of aromatic nitrogens is 3. The number of hydrogen-bond acceptors (Lipinski definition) is 5. The van der Waals surface area contributed by atoms with Gasteiger partial charge < -0.3 is 15.6 Å². The normalized spacial score (nSPS) is 25.4. The van der Waals surface area contributed by atoms with E-state index in [0.717, 1.165) is 24.2 Å². The number of nitrogens with zero attached hydrogens (tertiary/aromatic N) is 3. The highest BCUT2D eigenvalue weighted by molar-refractivity contribution is 5.36. The lowest BCUT2D eigenvalue weighted by molar-refractivity contribution is 0.110. The Labute approximate surface area is 152 Å². The second kappa shape index (κ2) is 6.98. The van der Waals surface area contributed by atoms with Crippen LogP contribution in [-0.2, 0) is 31.4 Å². The number of fused-ring (bicyclic) bond motifs is 1. The third kappa shape index (κ3) is 3.00. The zero-order valence-electron chi connectivity index (χ0n) is 15.1. The summed E-state index contributed by atoms with van der Waals surface area (Å²) in [6.07, 6.45) is 1.85. The number of aliphatic hydroxyl groups excluding tert-OH is 1. The Balaban J connectivity index is 1.62.